The molecule has 60 heavy (non-hydrogen) atoms. The summed E-state index contributed by atoms with van der Waals surface area (Å²) in [6.45, 7) is 21.6. The van der Waals surface area contributed by atoms with Crippen molar-refractivity contribution in [3.05, 3.63) is 195 Å². The maximum Gasteiger partial charge on any atom is 0.530 e. The molecule has 0 aromatic heterocycles. The van der Waals surface area contributed by atoms with E-state index in [2.05, 4.69) is 80.1 Å². The second-order valence-electron chi connectivity index (χ2n) is 13.4. The fourth-order valence-electron chi connectivity index (χ4n) is 3.52. The minimum atomic E-state index is -1.59. The van der Waals surface area contributed by atoms with Crippen LogP contribution in [0, 0.1) is 13.3 Å². The van der Waals surface area contributed by atoms with Crippen LogP contribution in [0.4, 0.5) is 0 Å². The van der Waals surface area contributed by atoms with Crippen molar-refractivity contribution in [1.82, 2.24) is 0 Å². The summed E-state index contributed by atoms with van der Waals surface area (Å²) in [6, 6.07) is 57.0. The Morgan fingerprint density at radius 3 is 0.517 bits per heavy atom. The molecule has 6 aromatic rings. The Bertz CT molecular complexity index is 1560. The van der Waals surface area contributed by atoms with E-state index in [0.29, 0.717) is 44.0 Å². The van der Waals surface area contributed by atoms with Crippen molar-refractivity contribution in [3.63, 3.8) is 0 Å². The molecule has 0 spiro atoms. The molecule has 320 valence electrons. The minimum absolute atomic E-state index is 0. The molecule has 0 radical (unpaired) electrons. The van der Waals surface area contributed by atoms with Crippen LogP contribution in [0.5, 0.6) is 34.5 Å². The Hall–Kier alpha value is -3.59. The normalized spacial score (nSPS) is 9.57. The number of para-hydroxylation sites is 6. The molecule has 6 aromatic carbocycles. The van der Waals surface area contributed by atoms with Gasteiger partial charge in [-0.3, -0.25) is 0 Å². The number of hydrogen-bond donors (Lipinski definition) is 0. The molecular weight excluding hydrogens is 1010 g/mol. The molecule has 0 N–H and O–H groups in total. The summed E-state index contributed by atoms with van der Waals surface area (Å²) >= 11 is 6.84. The molecule has 0 bridgehead atoms. The average Bonchev–Trinajstić information content (AvgIpc) is 3.21. The molecule has 8 nitrogen and oxygen atoms in total. The summed E-state index contributed by atoms with van der Waals surface area (Å²) in [5.74, 6) is 4.25. The van der Waals surface area contributed by atoms with E-state index >= 15 is 0 Å². The molecule has 0 atom stereocenters. The molecule has 0 aliphatic rings. The van der Waals surface area contributed by atoms with Crippen LogP contribution in [0.15, 0.2) is 182 Å². The Balaban J connectivity index is 0. The van der Waals surface area contributed by atoms with Gasteiger partial charge in [-0.05, 0) is 140 Å². The predicted octanol–water partition coefficient (Wildman–Crippen LogP) is 12.4. The smallest absolute Gasteiger partial charge is 0.409 e. The third-order valence-electron chi connectivity index (χ3n) is 5.54. The Kier molecular flexibility index (Phi) is 34.2. The molecule has 0 saturated heterocycles. The van der Waals surface area contributed by atoms with Gasteiger partial charge in [-0.2, -0.15) is 0 Å². The van der Waals surface area contributed by atoms with E-state index < -0.39 is 17.2 Å². The van der Waals surface area contributed by atoms with Crippen LogP contribution in [0.2, 0.25) is 0 Å². The van der Waals surface area contributed by atoms with Crippen LogP contribution >= 0.6 is 17.2 Å². The quantitative estimate of drug-likeness (QED) is 0.0524. The molecule has 0 aliphatic heterocycles. The van der Waals surface area contributed by atoms with Gasteiger partial charge in [0.25, 0.3) is 0 Å². The summed E-state index contributed by atoms with van der Waals surface area (Å²) in [5, 5.41) is 0. The first-order valence-corrected chi connectivity index (χ1v) is 20.9. The van der Waals surface area contributed by atoms with Crippen molar-refractivity contribution in [2.24, 2.45) is 0 Å². The molecule has 0 amide bonds. The van der Waals surface area contributed by atoms with E-state index in [1.54, 1.807) is 0 Å². The van der Waals surface area contributed by atoms with Crippen LogP contribution in [-0.4, -0.2) is 9.49 Å². The second kappa shape index (κ2) is 35.0. The Labute approximate surface area is 395 Å². The molecule has 0 heterocycles. The van der Waals surface area contributed by atoms with Gasteiger partial charge in [-0.25, -0.2) is 0 Å². The Morgan fingerprint density at radius 1 is 0.317 bits per heavy atom. The van der Waals surface area contributed by atoms with Gasteiger partial charge >= 0.3 is 39.8 Å². The number of benzene rings is 6. The van der Waals surface area contributed by atoms with Gasteiger partial charge < -0.3 is 27.1 Å². The van der Waals surface area contributed by atoms with Crippen molar-refractivity contribution in [3.8, 4) is 34.5 Å². The van der Waals surface area contributed by atoms with E-state index in [1.807, 2.05) is 182 Å². The van der Waals surface area contributed by atoms with E-state index in [1.165, 1.54) is 0 Å². The van der Waals surface area contributed by atoms with Gasteiger partial charge in [0.05, 0.1) is 0 Å². The van der Waals surface area contributed by atoms with Crippen LogP contribution in [0.3, 0.4) is 0 Å². The first kappa shape index (κ1) is 58.5. The first-order valence-electron chi connectivity index (χ1n) is 17.7. The fraction of sp³-hybridized carbons (Fsp3) is 0.174. The maximum atomic E-state index is 7.50. The van der Waals surface area contributed by atoms with Crippen molar-refractivity contribution >= 4 is 42.5 Å². The summed E-state index contributed by atoms with van der Waals surface area (Å²) in [5.41, 5.74) is 0. The number of rotatable bonds is 12. The average molecular weight is 1060 g/mol. The van der Waals surface area contributed by atoms with E-state index in [9.17, 15) is 0 Å². The minimum Gasteiger partial charge on any atom is -0.409 e. The molecule has 0 saturated carbocycles. The van der Waals surface area contributed by atoms with Crippen LogP contribution in [-0.2, 0) is 73.5 Å². The molecule has 0 fully saturated rings. The monoisotopic (exact) mass is 1060 g/mol. The first-order chi connectivity index (χ1) is 27.8. The van der Waals surface area contributed by atoms with E-state index in [-0.39, 0.29) is 39.0 Å². The second-order valence-corrected chi connectivity index (χ2v) is 18.4. The molecule has 6 rings (SSSR count). The van der Waals surface area contributed by atoms with Crippen LogP contribution in [0.25, 0.3) is 0 Å². The predicted molar refractivity (Wildman–Crippen MR) is 244 cm³/mol. The summed E-state index contributed by atoms with van der Waals surface area (Å²) in [4.78, 5) is 0. The van der Waals surface area contributed by atoms with Crippen molar-refractivity contribution in [2.75, 3.05) is 0 Å². The largest absolute Gasteiger partial charge is 0.530 e. The topological polar surface area (TPSA) is 95.2 Å². The van der Waals surface area contributed by atoms with Gasteiger partial charge in [0.15, 0.2) is 0 Å². The van der Waals surface area contributed by atoms with Gasteiger partial charge in [-0.1, -0.05) is 109 Å². The zero-order valence-corrected chi connectivity index (χ0v) is 41.5. The summed E-state index contributed by atoms with van der Waals surface area (Å²) in [7, 11) is -3.18. The standard InChI is InChI=1S/2C18H15O3P.2C4H10S.2CO.2Ru/c2*1-4-10-16(11-5-1)19-22(20-17-12-6-2-7-13-17)21-18-14-8-3-9-15-18;2*1-4(2,3)5;2*1-2;;/h2*1-15H;2*5H,1-3H3;;;;/p+2. The van der Waals surface area contributed by atoms with Crippen molar-refractivity contribution in [2.45, 2.75) is 51.0 Å². The third kappa shape index (κ3) is 33.2. The van der Waals surface area contributed by atoms with Gasteiger partial charge in [-0.15, -0.1) is 0 Å². The molecule has 14 heteroatoms. The van der Waals surface area contributed by atoms with Crippen LogP contribution < -0.4 is 27.1 Å². The fourth-order valence-corrected chi connectivity index (χ4v) is 5.50. The van der Waals surface area contributed by atoms with Gasteiger partial charge in [0, 0.05) is 39.0 Å². The summed E-state index contributed by atoms with van der Waals surface area (Å²) < 4.78 is 50.7. The van der Waals surface area contributed by atoms with Crippen LogP contribution in [0.1, 0.15) is 41.5 Å². The van der Waals surface area contributed by atoms with Gasteiger partial charge in [0.1, 0.15) is 44.0 Å². The summed E-state index contributed by atoms with van der Waals surface area (Å²) in [6.07, 6.45) is 0. The van der Waals surface area contributed by atoms with Gasteiger partial charge in [0.2, 0.25) is 0 Å². The number of hydrogen-bond acceptors (Lipinski definition) is 6. The third-order valence-corrected chi connectivity index (χ3v) is 7.70. The Morgan fingerprint density at radius 2 is 0.417 bits per heavy atom. The van der Waals surface area contributed by atoms with Crippen molar-refractivity contribution in [1.29, 1.82) is 0 Å². The zero-order chi connectivity index (χ0) is 43.1. The zero-order valence-electron chi connectivity index (χ0n) is 34.2. The molecule has 0 aliphatic carbocycles. The van der Waals surface area contributed by atoms with E-state index in [0.717, 1.165) is 0 Å². The maximum absolute atomic E-state index is 7.50. The van der Waals surface area contributed by atoms with E-state index in [4.69, 9.17) is 36.4 Å². The molecular formula is C46H52O8P2Ru2S2+2. The molecule has 0 unspecified atom stereocenters. The van der Waals surface area contributed by atoms with Crippen molar-refractivity contribution < 1.29 is 75.4 Å². The SMILES string of the molecule is CC(C)(C)[SH2+].CC(C)(C)[SH2+].[C-]#[O+].[C-]#[O+].[Ru].[Ru].c1ccc(OP(Oc2ccccc2)Oc2ccccc2)cc1.c1ccc(OP(Oc2ccccc2)Oc2ccccc2)cc1.